The molecule has 15 heteroatoms. The molecule has 3 N–H and O–H groups in total. The summed E-state index contributed by atoms with van der Waals surface area (Å²) in [5, 5.41) is 8.75. The maximum Gasteiger partial charge on any atom is 0.573 e. The van der Waals surface area contributed by atoms with E-state index in [2.05, 4.69) is 40.4 Å². The number of hydrogen-bond donors (Lipinski definition) is 3. The maximum atomic E-state index is 12.4. The van der Waals surface area contributed by atoms with E-state index in [4.69, 9.17) is 4.74 Å². The van der Waals surface area contributed by atoms with Crippen molar-refractivity contribution in [3.8, 4) is 11.5 Å². The van der Waals surface area contributed by atoms with E-state index >= 15 is 0 Å². The Balaban J connectivity index is 1.74. The number of ether oxygens (including phenoxy) is 3. The van der Waals surface area contributed by atoms with Crippen molar-refractivity contribution in [2.75, 3.05) is 29.7 Å². The molecule has 1 aromatic heterocycles. The molecule has 0 saturated carbocycles. The van der Waals surface area contributed by atoms with Crippen LogP contribution in [0, 0.1) is 0 Å². The molecule has 0 saturated heterocycles. The van der Waals surface area contributed by atoms with Gasteiger partial charge in [0.25, 0.3) is 0 Å². The lowest BCUT2D eigenvalue weighted by molar-refractivity contribution is -0.275. The number of nitrogens with zero attached hydrogens (tertiary/aromatic N) is 3. The highest BCUT2D eigenvalue weighted by molar-refractivity contribution is 5.58. The molecule has 1 atom stereocenters. The van der Waals surface area contributed by atoms with Crippen molar-refractivity contribution in [2.45, 2.75) is 25.7 Å². The molecule has 0 aliphatic carbocycles. The minimum atomic E-state index is -4.81. The van der Waals surface area contributed by atoms with Crippen LogP contribution in [0.2, 0.25) is 0 Å². The SMILES string of the molecule is COCC(C)Nc1nc(N/C=C/c2ccc(OC(F)(F)F)cc2)nc(Nc2ccc(OC(F)(F)F)cc2)n1. The van der Waals surface area contributed by atoms with E-state index in [9.17, 15) is 26.3 Å². The molecule has 0 fully saturated rings. The van der Waals surface area contributed by atoms with E-state index in [-0.39, 0.29) is 35.4 Å². The number of methoxy groups -OCH3 is 1. The highest BCUT2D eigenvalue weighted by Gasteiger charge is 2.31. The fourth-order valence-electron chi connectivity index (χ4n) is 2.94. The molecule has 0 radical (unpaired) electrons. The smallest absolute Gasteiger partial charge is 0.406 e. The third-order valence-corrected chi connectivity index (χ3v) is 4.37. The first kappa shape index (κ1) is 28.3. The lowest BCUT2D eigenvalue weighted by Gasteiger charge is -2.14. The van der Waals surface area contributed by atoms with E-state index in [0.29, 0.717) is 17.9 Å². The predicted octanol–water partition coefficient (Wildman–Crippen LogP) is 5.94. The summed E-state index contributed by atoms with van der Waals surface area (Å²) in [7, 11) is 1.53. The number of halogens is 6. The first-order valence-corrected chi connectivity index (χ1v) is 10.8. The van der Waals surface area contributed by atoms with Crippen LogP contribution in [0.1, 0.15) is 12.5 Å². The van der Waals surface area contributed by atoms with Crippen molar-refractivity contribution < 1.29 is 40.6 Å². The monoisotopic (exact) mass is 544 g/mol. The van der Waals surface area contributed by atoms with Crippen LogP contribution in [-0.4, -0.2) is 47.4 Å². The lowest BCUT2D eigenvalue weighted by Crippen LogP contribution is -2.23. The zero-order valence-electron chi connectivity index (χ0n) is 19.9. The van der Waals surface area contributed by atoms with Gasteiger partial charge in [-0.1, -0.05) is 12.1 Å². The van der Waals surface area contributed by atoms with Crippen LogP contribution in [0.15, 0.2) is 54.7 Å². The third kappa shape index (κ3) is 10.0. The van der Waals surface area contributed by atoms with Gasteiger partial charge >= 0.3 is 12.7 Å². The summed E-state index contributed by atoms with van der Waals surface area (Å²) in [6.45, 7) is 2.19. The zero-order valence-corrected chi connectivity index (χ0v) is 19.9. The Morgan fingerprint density at radius 3 is 1.87 bits per heavy atom. The van der Waals surface area contributed by atoms with Gasteiger partial charge in [0.2, 0.25) is 17.8 Å². The Morgan fingerprint density at radius 1 is 0.789 bits per heavy atom. The Hall–Kier alpha value is -4.27. The second-order valence-corrected chi connectivity index (χ2v) is 7.60. The van der Waals surface area contributed by atoms with E-state index in [0.717, 1.165) is 12.1 Å². The molecule has 9 nitrogen and oxygen atoms in total. The molecular weight excluding hydrogens is 522 g/mol. The maximum absolute atomic E-state index is 12.4. The molecule has 1 heterocycles. The molecule has 0 aliphatic rings. The summed E-state index contributed by atoms with van der Waals surface area (Å²) in [6, 6.07) is 9.97. The summed E-state index contributed by atoms with van der Waals surface area (Å²) in [6.07, 6.45) is -6.57. The van der Waals surface area contributed by atoms with Gasteiger partial charge in [0.05, 0.1) is 6.61 Å². The van der Waals surface area contributed by atoms with Crippen molar-refractivity contribution in [2.24, 2.45) is 0 Å². The Labute approximate surface area is 212 Å². The number of rotatable bonds is 11. The molecule has 1 unspecified atom stereocenters. The minimum absolute atomic E-state index is 0.0705. The van der Waals surface area contributed by atoms with Gasteiger partial charge in [-0.15, -0.1) is 26.3 Å². The molecule has 0 amide bonds. The van der Waals surface area contributed by atoms with Crippen molar-refractivity contribution in [3.05, 3.63) is 60.3 Å². The van der Waals surface area contributed by atoms with Gasteiger partial charge < -0.3 is 30.2 Å². The molecule has 0 aliphatic heterocycles. The Kier molecular flexibility index (Phi) is 9.17. The Morgan fingerprint density at radius 2 is 1.32 bits per heavy atom. The van der Waals surface area contributed by atoms with Crippen molar-refractivity contribution in [1.29, 1.82) is 0 Å². The normalized spacial score (nSPS) is 12.7. The van der Waals surface area contributed by atoms with Gasteiger partial charge in [0, 0.05) is 25.0 Å². The van der Waals surface area contributed by atoms with Crippen LogP contribution in [0.25, 0.3) is 6.08 Å². The van der Waals surface area contributed by atoms with Crippen LogP contribution in [-0.2, 0) is 4.74 Å². The number of anilines is 4. The van der Waals surface area contributed by atoms with E-state index < -0.39 is 12.7 Å². The molecule has 0 bridgehead atoms. The van der Waals surface area contributed by atoms with Gasteiger partial charge in [-0.3, -0.25) is 0 Å². The summed E-state index contributed by atoms with van der Waals surface area (Å²) >= 11 is 0. The number of benzene rings is 2. The summed E-state index contributed by atoms with van der Waals surface area (Å²) in [4.78, 5) is 12.7. The molecule has 38 heavy (non-hydrogen) atoms. The fourth-order valence-corrected chi connectivity index (χ4v) is 2.94. The van der Waals surface area contributed by atoms with Crippen LogP contribution in [0.3, 0.4) is 0 Å². The molecular formula is C23H22F6N6O3. The number of alkyl halides is 6. The van der Waals surface area contributed by atoms with Crippen molar-refractivity contribution >= 4 is 29.6 Å². The summed E-state index contributed by atoms with van der Waals surface area (Å²) in [5.41, 5.74) is 0.942. The Bertz CT molecular complexity index is 1200. The second kappa shape index (κ2) is 12.3. The second-order valence-electron chi connectivity index (χ2n) is 7.60. The zero-order chi connectivity index (χ0) is 27.8. The topological polar surface area (TPSA) is 102 Å². The standard InChI is InChI=1S/C23H22F6N6O3/c1-14(13-36-2)31-20-33-19(30-12-11-15-3-7-17(8-4-15)37-22(24,25)26)34-21(35-20)32-16-5-9-18(10-6-16)38-23(27,28)29/h3-12,14H,13H2,1-2H3,(H3,30,31,32,33,34,35)/b12-11+. The van der Waals surface area contributed by atoms with Gasteiger partial charge in [-0.05, 0) is 55.0 Å². The van der Waals surface area contributed by atoms with Crippen LogP contribution in [0.4, 0.5) is 49.9 Å². The fraction of sp³-hybridized carbons (Fsp3) is 0.261. The van der Waals surface area contributed by atoms with Crippen LogP contribution >= 0.6 is 0 Å². The molecule has 0 spiro atoms. The minimum Gasteiger partial charge on any atom is -0.406 e. The molecule has 3 aromatic rings. The van der Waals surface area contributed by atoms with Gasteiger partial charge in [0.1, 0.15) is 11.5 Å². The molecule has 3 rings (SSSR count). The van der Waals surface area contributed by atoms with E-state index in [1.807, 2.05) is 6.92 Å². The molecule has 2 aromatic carbocycles. The van der Waals surface area contributed by atoms with E-state index in [1.165, 1.54) is 49.7 Å². The number of aromatic nitrogens is 3. The third-order valence-electron chi connectivity index (χ3n) is 4.37. The average molecular weight is 544 g/mol. The van der Waals surface area contributed by atoms with Crippen LogP contribution in [0.5, 0.6) is 11.5 Å². The largest absolute Gasteiger partial charge is 0.573 e. The first-order valence-electron chi connectivity index (χ1n) is 10.8. The van der Waals surface area contributed by atoms with Gasteiger partial charge in [-0.2, -0.15) is 15.0 Å². The quantitative estimate of drug-likeness (QED) is 0.253. The number of nitrogens with one attached hydrogen (secondary N) is 3. The summed E-state index contributed by atoms with van der Waals surface area (Å²) < 4.78 is 86.8. The molecule has 204 valence electrons. The first-order chi connectivity index (χ1) is 17.9. The summed E-state index contributed by atoms with van der Waals surface area (Å²) in [5.74, 6) is -0.399. The average Bonchev–Trinajstić information content (AvgIpc) is 2.80. The number of hydrogen-bond acceptors (Lipinski definition) is 9. The van der Waals surface area contributed by atoms with Crippen molar-refractivity contribution in [3.63, 3.8) is 0 Å². The van der Waals surface area contributed by atoms with E-state index in [1.54, 1.807) is 6.08 Å². The van der Waals surface area contributed by atoms with Crippen LogP contribution < -0.4 is 25.4 Å². The predicted molar refractivity (Wildman–Crippen MR) is 127 cm³/mol. The highest BCUT2D eigenvalue weighted by atomic mass is 19.4. The van der Waals surface area contributed by atoms with Gasteiger partial charge in [-0.25, -0.2) is 0 Å². The van der Waals surface area contributed by atoms with Gasteiger partial charge in [0.15, 0.2) is 0 Å². The highest BCUT2D eigenvalue weighted by Crippen LogP contribution is 2.26. The van der Waals surface area contributed by atoms with Crippen molar-refractivity contribution in [1.82, 2.24) is 15.0 Å². The lowest BCUT2D eigenvalue weighted by atomic mass is 10.2.